The zero-order valence-corrected chi connectivity index (χ0v) is 14.6. The topological polar surface area (TPSA) is 26.3 Å². The molecular weight excluding hydrogens is 284 g/mol. The highest BCUT2D eigenvalue weighted by atomic mass is 16.5. The number of fused-ring (bicyclic) bond motifs is 5. The molecule has 0 bridgehead atoms. The Morgan fingerprint density at radius 3 is 2.83 bits per heavy atom. The lowest BCUT2D eigenvalue weighted by Gasteiger charge is -2.48. The minimum absolute atomic E-state index is 0.147. The van der Waals surface area contributed by atoms with E-state index < -0.39 is 0 Å². The summed E-state index contributed by atoms with van der Waals surface area (Å²) in [6, 6.07) is 6.24. The van der Waals surface area contributed by atoms with Crippen molar-refractivity contribution in [1.82, 2.24) is 0 Å². The second-order valence-corrected chi connectivity index (χ2v) is 8.50. The Hall–Kier alpha value is -1.31. The Balaban J connectivity index is 1.69. The molecule has 2 heteroatoms. The SMILES string of the molecule is CC(C)Oc1ccc2c(c1)C(=O)CC1C2CCC2(C)CCCC12. The summed E-state index contributed by atoms with van der Waals surface area (Å²) in [6.45, 7) is 6.53. The van der Waals surface area contributed by atoms with Crippen LogP contribution in [0.15, 0.2) is 18.2 Å². The fourth-order valence-corrected chi connectivity index (χ4v) is 5.72. The number of carbonyl (C=O) groups is 1. The number of carbonyl (C=O) groups excluding carboxylic acids is 1. The molecule has 3 aliphatic carbocycles. The number of hydrogen-bond acceptors (Lipinski definition) is 2. The minimum Gasteiger partial charge on any atom is -0.491 e. The van der Waals surface area contributed by atoms with E-state index >= 15 is 0 Å². The van der Waals surface area contributed by atoms with Crippen molar-refractivity contribution in [3.05, 3.63) is 29.3 Å². The third-order valence-electron chi connectivity index (χ3n) is 6.74. The monoisotopic (exact) mass is 312 g/mol. The molecule has 0 radical (unpaired) electrons. The van der Waals surface area contributed by atoms with E-state index in [1.807, 2.05) is 19.9 Å². The zero-order valence-electron chi connectivity index (χ0n) is 14.6. The van der Waals surface area contributed by atoms with Crippen molar-refractivity contribution < 1.29 is 9.53 Å². The molecule has 0 N–H and O–H groups in total. The predicted molar refractivity (Wildman–Crippen MR) is 92.1 cm³/mol. The van der Waals surface area contributed by atoms with E-state index in [0.29, 0.717) is 23.0 Å². The molecule has 0 aliphatic heterocycles. The first-order chi connectivity index (χ1) is 11.0. The fourth-order valence-electron chi connectivity index (χ4n) is 5.72. The summed E-state index contributed by atoms with van der Waals surface area (Å²) in [7, 11) is 0. The van der Waals surface area contributed by atoms with E-state index in [4.69, 9.17) is 4.74 Å². The number of ether oxygens (including phenoxy) is 1. The van der Waals surface area contributed by atoms with Crippen LogP contribution in [0.4, 0.5) is 0 Å². The molecule has 2 nitrogen and oxygen atoms in total. The Labute approximate surface area is 139 Å². The van der Waals surface area contributed by atoms with E-state index in [1.54, 1.807) is 0 Å². The average Bonchev–Trinajstić information content (AvgIpc) is 2.89. The molecule has 124 valence electrons. The lowest BCUT2D eigenvalue weighted by molar-refractivity contribution is 0.0526. The molecule has 0 heterocycles. The largest absolute Gasteiger partial charge is 0.491 e. The third-order valence-corrected chi connectivity index (χ3v) is 6.74. The maximum Gasteiger partial charge on any atom is 0.163 e. The van der Waals surface area contributed by atoms with Gasteiger partial charge >= 0.3 is 0 Å². The van der Waals surface area contributed by atoms with Crippen LogP contribution < -0.4 is 4.74 Å². The smallest absolute Gasteiger partial charge is 0.163 e. The maximum atomic E-state index is 12.8. The minimum atomic E-state index is 0.147. The molecule has 0 amide bonds. The quantitative estimate of drug-likeness (QED) is 0.735. The second-order valence-electron chi connectivity index (χ2n) is 8.50. The summed E-state index contributed by atoms with van der Waals surface area (Å²) < 4.78 is 5.80. The summed E-state index contributed by atoms with van der Waals surface area (Å²) in [6.07, 6.45) is 7.53. The summed E-state index contributed by atoms with van der Waals surface area (Å²) in [5, 5.41) is 0. The predicted octanol–water partition coefficient (Wildman–Crippen LogP) is 5.36. The average molecular weight is 312 g/mol. The first kappa shape index (κ1) is 15.2. The lowest BCUT2D eigenvalue weighted by atomic mass is 9.55. The Morgan fingerprint density at radius 2 is 2.04 bits per heavy atom. The number of hydrogen-bond donors (Lipinski definition) is 0. The third kappa shape index (κ3) is 2.42. The summed E-state index contributed by atoms with van der Waals surface area (Å²) in [5.74, 6) is 3.10. The van der Waals surface area contributed by atoms with Crippen LogP contribution in [-0.2, 0) is 0 Å². The molecular formula is C21H28O2. The van der Waals surface area contributed by atoms with Gasteiger partial charge in [-0.2, -0.15) is 0 Å². The van der Waals surface area contributed by atoms with Crippen molar-refractivity contribution in [2.75, 3.05) is 0 Å². The van der Waals surface area contributed by atoms with Gasteiger partial charge in [-0.3, -0.25) is 4.79 Å². The van der Waals surface area contributed by atoms with Gasteiger partial charge in [0, 0.05) is 12.0 Å². The van der Waals surface area contributed by atoms with E-state index in [2.05, 4.69) is 19.1 Å². The van der Waals surface area contributed by atoms with Crippen molar-refractivity contribution in [1.29, 1.82) is 0 Å². The van der Waals surface area contributed by atoms with Gasteiger partial charge in [0.15, 0.2) is 5.78 Å². The van der Waals surface area contributed by atoms with Crippen LogP contribution in [0.3, 0.4) is 0 Å². The molecule has 23 heavy (non-hydrogen) atoms. The Bertz CT molecular complexity index is 633. The molecule has 0 saturated heterocycles. The van der Waals surface area contributed by atoms with Gasteiger partial charge in [-0.25, -0.2) is 0 Å². The Kier molecular flexibility index (Phi) is 3.55. The van der Waals surface area contributed by atoms with Crippen molar-refractivity contribution in [3.8, 4) is 5.75 Å². The molecule has 3 aliphatic rings. The molecule has 0 spiro atoms. The van der Waals surface area contributed by atoms with Crippen molar-refractivity contribution >= 4 is 5.78 Å². The van der Waals surface area contributed by atoms with Gasteiger partial charge in [-0.05, 0) is 80.4 Å². The Morgan fingerprint density at radius 1 is 1.22 bits per heavy atom. The van der Waals surface area contributed by atoms with Crippen LogP contribution in [0.1, 0.15) is 81.1 Å². The van der Waals surface area contributed by atoms with Crippen molar-refractivity contribution in [2.45, 2.75) is 71.3 Å². The number of Topliss-reactive ketones (excluding diaryl/α,β-unsaturated/α-hetero) is 1. The van der Waals surface area contributed by atoms with Gasteiger partial charge in [0.2, 0.25) is 0 Å². The highest BCUT2D eigenvalue weighted by Gasteiger charge is 2.51. The van der Waals surface area contributed by atoms with E-state index in [-0.39, 0.29) is 6.10 Å². The molecule has 1 aromatic carbocycles. The highest BCUT2D eigenvalue weighted by Crippen LogP contribution is 2.60. The first-order valence-corrected chi connectivity index (χ1v) is 9.32. The summed E-state index contributed by atoms with van der Waals surface area (Å²) >= 11 is 0. The highest BCUT2D eigenvalue weighted by molar-refractivity contribution is 5.99. The fraction of sp³-hybridized carbons (Fsp3) is 0.667. The molecule has 4 atom stereocenters. The van der Waals surface area contributed by atoms with Crippen LogP contribution in [-0.4, -0.2) is 11.9 Å². The van der Waals surface area contributed by atoms with E-state index in [0.717, 1.165) is 23.7 Å². The van der Waals surface area contributed by atoms with Gasteiger partial charge in [0.05, 0.1) is 6.10 Å². The molecule has 1 aromatic rings. The van der Waals surface area contributed by atoms with Crippen molar-refractivity contribution in [3.63, 3.8) is 0 Å². The number of rotatable bonds is 2. The first-order valence-electron chi connectivity index (χ1n) is 9.32. The second kappa shape index (κ2) is 5.36. The van der Waals surface area contributed by atoms with Crippen molar-refractivity contribution in [2.24, 2.45) is 17.3 Å². The molecule has 4 rings (SSSR count). The molecule has 2 saturated carbocycles. The normalized spacial score (nSPS) is 35.7. The summed E-state index contributed by atoms with van der Waals surface area (Å²) in [5.41, 5.74) is 2.74. The molecule has 0 aromatic heterocycles. The van der Waals surface area contributed by atoms with E-state index in [1.165, 1.54) is 37.7 Å². The molecule has 4 unspecified atom stereocenters. The van der Waals surface area contributed by atoms with Gasteiger partial charge in [-0.15, -0.1) is 0 Å². The van der Waals surface area contributed by atoms with Crippen LogP contribution in [0.2, 0.25) is 0 Å². The van der Waals surface area contributed by atoms with Gasteiger partial charge in [-0.1, -0.05) is 19.4 Å². The van der Waals surface area contributed by atoms with Gasteiger partial charge in [0.25, 0.3) is 0 Å². The maximum absolute atomic E-state index is 12.8. The zero-order chi connectivity index (χ0) is 16.2. The van der Waals surface area contributed by atoms with Crippen LogP contribution in [0, 0.1) is 17.3 Å². The molecule has 2 fully saturated rings. The number of benzene rings is 1. The lowest BCUT2D eigenvalue weighted by Crippen LogP contribution is -2.41. The summed E-state index contributed by atoms with van der Waals surface area (Å²) in [4.78, 5) is 12.8. The van der Waals surface area contributed by atoms with Crippen LogP contribution in [0.5, 0.6) is 5.75 Å². The number of ketones is 1. The van der Waals surface area contributed by atoms with E-state index in [9.17, 15) is 4.79 Å². The van der Waals surface area contributed by atoms with Crippen LogP contribution >= 0.6 is 0 Å². The van der Waals surface area contributed by atoms with Gasteiger partial charge < -0.3 is 4.74 Å². The standard InChI is InChI=1S/C21H28O2/c1-13(2)23-14-6-7-15-16-8-10-21(3)9-4-5-19(21)17(16)12-20(22)18(15)11-14/h6-7,11,13,16-17,19H,4-5,8-10,12H2,1-3H3. The van der Waals surface area contributed by atoms with Gasteiger partial charge in [0.1, 0.15) is 5.75 Å². The van der Waals surface area contributed by atoms with Crippen LogP contribution in [0.25, 0.3) is 0 Å².